The molecular formula is C11H18N2O. The van der Waals surface area contributed by atoms with Crippen molar-refractivity contribution in [1.82, 2.24) is 10.6 Å². The molecule has 2 aliphatic heterocycles. The standard InChI is InChI=1S/C11H18N2O/c14-11-10-8(5-6-12-11)7-3-1-2-4-9(7)13-10/h7-10,13H,1-6H2,(H,12,14)/t7-,8-,9+,10+/m0/s1. The van der Waals surface area contributed by atoms with Crippen LogP contribution in [-0.2, 0) is 4.79 Å². The van der Waals surface area contributed by atoms with Crippen molar-refractivity contribution in [2.45, 2.75) is 44.2 Å². The number of fused-ring (bicyclic) bond motifs is 3. The summed E-state index contributed by atoms with van der Waals surface area (Å²) in [5, 5.41) is 6.49. The van der Waals surface area contributed by atoms with Gasteiger partial charge in [0, 0.05) is 12.6 Å². The van der Waals surface area contributed by atoms with Crippen molar-refractivity contribution in [3.05, 3.63) is 0 Å². The molecule has 2 N–H and O–H groups in total. The van der Waals surface area contributed by atoms with E-state index in [1.54, 1.807) is 0 Å². The van der Waals surface area contributed by atoms with Crippen molar-refractivity contribution in [2.75, 3.05) is 6.54 Å². The number of hydrogen-bond donors (Lipinski definition) is 2. The molecule has 0 unspecified atom stereocenters. The molecule has 0 bridgehead atoms. The minimum absolute atomic E-state index is 0.136. The largest absolute Gasteiger partial charge is 0.355 e. The number of piperidine rings is 1. The highest BCUT2D eigenvalue weighted by molar-refractivity contribution is 5.83. The van der Waals surface area contributed by atoms with Gasteiger partial charge in [-0.2, -0.15) is 0 Å². The fourth-order valence-corrected chi connectivity index (χ4v) is 3.60. The number of amides is 1. The van der Waals surface area contributed by atoms with Crippen LogP contribution >= 0.6 is 0 Å². The summed E-state index contributed by atoms with van der Waals surface area (Å²) in [6, 6.07) is 0.777. The SMILES string of the molecule is O=C1NCC[C@H]2[C@@H]3CCCC[C@H]3N[C@@H]12. The molecule has 0 aromatic heterocycles. The Morgan fingerprint density at radius 1 is 1.07 bits per heavy atom. The Morgan fingerprint density at radius 2 is 1.93 bits per heavy atom. The third-order valence-electron chi connectivity index (χ3n) is 4.25. The van der Waals surface area contributed by atoms with Crippen molar-refractivity contribution >= 4 is 5.91 Å². The first kappa shape index (κ1) is 8.72. The van der Waals surface area contributed by atoms with E-state index >= 15 is 0 Å². The first-order chi connectivity index (χ1) is 6.86. The summed E-state index contributed by atoms with van der Waals surface area (Å²) in [5.41, 5.74) is 0. The predicted molar refractivity (Wildman–Crippen MR) is 53.8 cm³/mol. The minimum atomic E-state index is 0.136. The lowest BCUT2D eigenvalue weighted by Crippen LogP contribution is -2.49. The van der Waals surface area contributed by atoms with E-state index in [0.717, 1.165) is 12.5 Å². The van der Waals surface area contributed by atoms with Gasteiger partial charge in [-0.05, 0) is 31.1 Å². The van der Waals surface area contributed by atoms with Gasteiger partial charge >= 0.3 is 0 Å². The highest BCUT2D eigenvalue weighted by atomic mass is 16.2. The molecule has 0 radical (unpaired) electrons. The quantitative estimate of drug-likeness (QED) is 0.594. The molecule has 14 heavy (non-hydrogen) atoms. The highest BCUT2D eigenvalue weighted by Gasteiger charge is 2.47. The summed E-state index contributed by atoms with van der Waals surface area (Å²) in [5.74, 6) is 1.67. The van der Waals surface area contributed by atoms with Crippen molar-refractivity contribution in [2.24, 2.45) is 11.8 Å². The fraction of sp³-hybridized carbons (Fsp3) is 0.909. The van der Waals surface area contributed by atoms with Crippen LogP contribution in [0.4, 0.5) is 0 Å². The number of rotatable bonds is 0. The fourth-order valence-electron chi connectivity index (χ4n) is 3.60. The lowest BCUT2D eigenvalue weighted by atomic mass is 9.76. The summed E-state index contributed by atoms with van der Waals surface area (Å²) in [6.45, 7) is 0.894. The topological polar surface area (TPSA) is 41.1 Å². The van der Waals surface area contributed by atoms with Crippen LogP contribution < -0.4 is 10.6 Å². The summed E-state index contributed by atoms with van der Waals surface area (Å²) >= 11 is 0. The van der Waals surface area contributed by atoms with E-state index in [1.807, 2.05) is 0 Å². The van der Waals surface area contributed by atoms with Crippen molar-refractivity contribution in [1.29, 1.82) is 0 Å². The smallest absolute Gasteiger partial charge is 0.237 e. The van der Waals surface area contributed by atoms with Gasteiger partial charge in [0.15, 0.2) is 0 Å². The average molecular weight is 194 g/mol. The Labute approximate surface area is 84.6 Å². The molecular weight excluding hydrogens is 176 g/mol. The molecule has 3 rings (SSSR count). The number of hydrogen-bond acceptors (Lipinski definition) is 2. The Kier molecular flexibility index (Phi) is 2.01. The van der Waals surface area contributed by atoms with E-state index in [9.17, 15) is 4.79 Å². The summed E-state index contributed by atoms with van der Waals surface area (Å²) in [4.78, 5) is 11.6. The maximum atomic E-state index is 11.6. The molecule has 2 heterocycles. The normalized spacial score (nSPS) is 46.7. The molecule has 0 aromatic rings. The van der Waals surface area contributed by atoms with Crippen LogP contribution in [0.15, 0.2) is 0 Å². The number of nitrogens with one attached hydrogen (secondary N) is 2. The summed E-state index contributed by atoms with van der Waals surface area (Å²) in [7, 11) is 0. The Bertz CT molecular complexity index is 254. The summed E-state index contributed by atoms with van der Waals surface area (Å²) in [6.07, 6.45) is 6.52. The van der Waals surface area contributed by atoms with Gasteiger partial charge in [-0.15, -0.1) is 0 Å². The monoisotopic (exact) mass is 194 g/mol. The second-order valence-electron chi connectivity index (χ2n) is 4.94. The van der Waals surface area contributed by atoms with Crippen LogP contribution in [0.3, 0.4) is 0 Å². The van der Waals surface area contributed by atoms with Gasteiger partial charge < -0.3 is 10.6 Å². The van der Waals surface area contributed by atoms with E-state index < -0.39 is 0 Å². The van der Waals surface area contributed by atoms with Gasteiger partial charge in [-0.25, -0.2) is 0 Å². The van der Waals surface area contributed by atoms with Crippen molar-refractivity contribution in [3.63, 3.8) is 0 Å². The van der Waals surface area contributed by atoms with Crippen LogP contribution in [-0.4, -0.2) is 24.5 Å². The highest BCUT2D eigenvalue weighted by Crippen LogP contribution is 2.40. The van der Waals surface area contributed by atoms with Crippen molar-refractivity contribution in [3.8, 4) is 0 Å². The Morgan fingerprint density at radius 3 is 2.86 bits per heavy atom. The van der Waals surface area contributed by atoms with E-state index in [1.165, 1.54) is 32.1 Å². The van der Waals surface area contributed by atoms with E-state index in [-0.39, 0.29) is 11.9 Å². The molecule has 1 amide bonds. The zero-order valence-electron chi connectivity index (χ0n) is 8.46. The van der Waals surface area contributed by atoms with Crippen LogP contribution in [0.1, 0.15) is 32.1 Å². The van der Waals surface area contributed by atoms with Gasteiger partial charge in [-0.3, -0.25) is 4.79 Å². The molecule has 3 heteroatoms. The first-order valence-corrected chi connectivity index (χ1v) is 5.90. The van der Waals surface area contributed by atoms with Crippen LogP contribution in [0.25, 0.3) is 0 Å². The van der Waals surface area contributed by atoms with Crippen LogP contribution in [0.2, 0.25) is 0 Å². The molecule has 4 atom stereocenters. The molecule has 3 nitrogen and oxygen atoms in total. The third kappa shape index (κ3) is 1.18. The Hall–Kier alpha value is -0.570. The molecule has 0 spiro atoms. The average Bonchev–Trinajstić information content (AvgIpc) is 2.59. The van der Waals surface area contributed by atoms with Crippen LogP contribution in [0.5, 0.6) is 0 Å². The van der Waals surface area contributed by atoms with E-state index in [4.69, 9.17) is 0 Å². The van der Waals surface area contributed by atoms with E-state index in [0.29, 0.717) is 12.0 Å². The second-order valence-corrected chi connectivity index (χ2v) is 4.94. The van der Waals surface area contributed by atoms with Gasteiger partial charge in [0.05, 0.1) is 6.04 Å². The zero-order chi connectivity index (χ0) is 9.54. The molecule has 1 aliphatic carbocycles. The number of carbonyl (C=O) groups is 1. The molecule has 78 valence electrons. The maximum absolute atomic E-state index is 11.6. The molecule has 3 aliphatic rings. The van der Waals surface area contributed by atoms with Crippen LogP contribution in [0, 0.1) is 11.8 Å². The predicted octanol–water partition coefficient (Wildman–Crippen LogP) is 0.653. The minimum Gasteiger partial charge on any atom is -0.355 e. The van der Waals surface area contributed by atoms with E-state index in [2.05, 4.69) is 10.6 Å². The zero-order valence-corrected chi connectivity index (χ0v) is 8.46. The lowest BCUT2D eigenvalue weighted by molar-refractivity contribution is -0.125. The van der Waals surface area contributed by atoms with Gasteiger partial charge in [0.2, 0.25) is 5.91 Å². The first-order valence-electron chi connectivity index (χ1n) is 5.90. The number of carbonyl (C=O) groups excluding carboxylic acids is 1. The molecule has 1 saturated carbocycles. The molecule has 2 saturated heterocycles. The van der Waals surface area contributed by atoms with Gasteiger partial charge in [-0.1, -0.05) is 12.8 Å². The Balaban J connectivity index is 1.82. The van der Waals surface area contributed by atoms with Gasteiger partial charge in [0.1, 0.15) is 0 Å². The molecule has 3 fully saturated rings. The lowest BCUT2D eigenvalue weighted by Gasteiger charge is -2.30. The second kappa shape index (κ2) is 3.23. The molecule has 0 aromatic carbocycles. The van der Waals surface area contributed by atoms with Crippen molar-refractivity contribution < 1.29 is 4.79 Å². The van der Waals surface area contributed by atoms with Gasteiger partial charge in [0.25, 0.3) is 0 Å². The maximum Gasteiger partial charge on any atom is 0.237 e. The third-order valence-corrected chi connectivity index (χ3v) is 4.25. The summed E-state index contributed by atoms with van der Waals surface area (Å²) < 4.78 is 0.